The van der Waals surface area contributed by atoms with Crippen molar-refractivity contribution in [2.45, 2.75) is 18.9 Å². The maximum Gasteiger partial charge on any atom is 0.430 e. The van der Waals surface area contributed by atoms with E-state index in [2.05, 4.69) is 10.2 Å². The van der Waals surface area contributed by atoms with Crippen LogP contribution in [-0.4, -0.2) is 55.3 Å². The van der Waals surface area contributed by atoms with Gasteiger partial charge < -0.3 is 14.2 Å². The standard InChI is InChI=1S/C22H24N2O7/c1-4-31-19(26)22(15-16-11-7-5-8-12-16,18(25)17-13-9-6-10-14-17)24(21(28)30-3)23-20(27)29-2/h5-14H,4,15H2,1-3H3,(H,23,27). The zero-order valence-electron chi connectivity index (χ0n) is 17.5. The highest BCUT2D eigenvalue weighted by Crippen LogP contribution is 2.28. The fourth-order valence-electron chi connectivity index (χ4n) is 3.01. The number of nitrogens with zero attached hydrogens (tertiary/aromatic N) is 1. The van der Waals surface area contributed by atoms with Crippen molar-refractivity contribution in [3.63, 3.8) is 0 Å². The Hall–Kier alpha value is -3.88. The second kappa shape index (κ2) is 10.8. The molecule has 2 aromatic rings. The van der Waals surface area contributed by atoms with Gasteiger partial charge in [0.1, 0.15) is 0 Å². The van der Waals surface area contributed by atoms with Gasteiger partial charge >= 0.3 is 18.2 Å². The Kier molecular flexibility index (Phi) is 8.13. The van der Waals surface area contributed by atoms with Crippen LogP contribution in [0, 0.1) is 0 Å². The van der Waals surface area contributed by atoms with E-state index in [1.54, 1.807) is 55.5 Å². The normalized spacial score (nSPS) is 12.1. The number of hydrogen-bond acceptors (Lipinski definition) is 7. The number of amides is 2. The van der Waals surface area contributed by atoms with Gasteiger partial charge in [-0.3, -0.25) is 4.79 Å². The molecule has 0 aliphatic rings. The summed E-state index contributed by atoms with van der Waals surface area (Å²) in [6.07, 6.45) is -2.52. The first kappa shape index (κ1) is 23.4. The minimum absolute atomic E-state index is 0.0648. The number of carbonyl (C=O) groups is 4. The minimum atomic E-state index is -2.31. The Balaban J connectivity index is 2.78. The van der Waals surface area contributed by atoms with Crippen molar-refractivity contribution in [3.05, 3.63) is 71.8 Å². The first-order chi connectivity index (χ1) is 14.9. The Morgan fingerprint density at radius 1 is 0.903 bits per heavy atom. The fraction of sp³-hybridized carbons (Fsp3) is 0.273. The van der Waals surface area contributed by atoms with Gasteiger partial charge in [0, 0.05) is 12.0 Å². The van der Waals surface area contributed by atoms with Crippen molar-refractivity contribution in [3.8, 4) is 0 Å². The molecule has 0 saturated carbocycles. The summed E-state index contributed by atoms with van der Waals surface area (Å²) in [5, 5.41) is 0.527. The Morgan fingerprint density at radius 3 is 2.00 bits per heavy atom. The van der Waals surface area contributed by atoms with Crippen molar-refractivity contribution in [2.24, 2.45) is 0 Å². The van der Waals surface area contributed by atoms with Crippen molar-refractivity contribution in [2.75, 3.05) is 20.8 Å². The molecule has 2 amide bonds. The van der Waals surface area contributed by atoms with E-state index in [4.69, 9.17) is 9.47 Å². The van der Waals surface area contributed by atoms with E-state index in [9.17, 15) is 19.2 Å². The highest BCUT2D eigenvalue weighted by atomic mass is 16.6. The van der Waals surface area contributed by atoms with Crippen LogP contribution >= 0.6 is 0 Å². The van der Waals surface area contributed by atoms with E-state index in [0.29, 0.717) is 10.6 Å². The summed E-state index contributed by atoms with van der Waals surface area (Å²) in [6, 6.07) is 16.5. The van der Waals surface area contributed by atoms with Crippen molar-refractivity contribution >= 4 is 23.9 Å². The average Bonchev–Trinajstić information content (AvgIpc) is 2.81. The zero-order chi connectivity index (χ0) is 22.9. The van der Waals surface area contributed by atoms with Crippen LogP contribution in [0.3, 0.4) is 0 Å². The monoisotopic (exact) mass is 428 g/mol. The second-order valence-electron chi connectivity index (χ2n) is 6.35. The summed E-state index contributed by atoms with van der Waals surface area (Å²) in [5.41, 5.74) is 0.513. The highest BCUT2D eigenvalue weighted by molar-refractivity contribution is 6.18. The molecule has 0 heterocycles. The number of hydrogen-bond donors (Lipinski definition) is 1. The number of hydrazine groups is 1. The van der Waals surface area contributed by atoms with E-state index in [1.165, 1.54) is 12.1 Å². The number of ether oxygens (including phenoxy) is 3. The fourth-order valence-corrected chi connectivity index (χ4v) is 3.01. The molecular weight excluding hydrogens is 404 g/mol. The summed E-state index contributed by atoms with van der Waals surface area (Å²) in [6.45, 7) is 1.50. The Labute approximate surface area is 179 Å². The molecule has 2 rings (SSSR count). The van der Waals surface area contributed by atoms with Crippen LogP contribution in [0.15, 0.2) is 60.7 Å². The van der Waals surface area contributed by atoms with Crippen molar-refractivity contribution < 1.29 is 33.4 Å². The van der Waals surface area contributed by atoms with Crippen molar-refractivity contribution in [1.29, 1.82) is 0 Å². The maximum absolute atomic E-state index is 13.8. The Morgan fingerprint density at radius 2 is 1.48 bits per heavy atom. The molecule has 0 aliphatic carbocycles. The van der Waals surface area contributed by atoms with Gasteiger partial charge in [0.05, 0.1) is 20.8 Å². The summed E-state index contributed by atoms with van der Waals surface area (Å²) in [5.74, 6) is -1.80. The van der Waals surface area contributed by atoms with Gasteiger partial charge in [-0.2, -0.15) is 5.01 Å². The number of nitrogens with one attached hydrogen (secondary N) is 1. The van der Waals surface area contributed by atoms with E-state index in [0.717, 1.165) is 14.2 Å². The summed E-state index contributed by atoms with van der Waals surface area (Å²) >= 11 is 0. The minimum Gasteiger partial charge on any atom is -0.464 e. The van der Waals surface area contributed by atoms with Gasteiger partial charge in [-0.15, -0.1) is 0 Å². The van der Waals surface area contributed by atoms with Crippen LogP contribution in [0.4, 0.5) is 9.59 Å². The molecule has 0 fully saturated rings. The van der Waals surface area contributed by atoms with Gasteiger partial charge in [-0.05, 0) is 12.5 Å². The van der Waals surface area contributed by atoms with Crippen LogP contribution in [0.25, 0.3) is 0 Å². The average molecular weight is 428 g/mol. The summed E-state index contributed by atoms with van der Waals surface area (Å²) in [4.78, 5) is 51.9. The first-order valence-corrected chi connectivity index (χ1v) is 9.44. The Bertz CT molecular complexity index is 918. The molecule has 0 bridgehead atoms. The molecule has 0 aromatic heterocycles. The number of Topliss-reactive ketones (excluding diaryl/α,β-unsaturated/α-hetero) is 1. The van der Waals surface area contributed by atoms with Crippen LogP contribution in [0.2, 0.25) is 0 Å². The molecule has 1 unspecified atom stereocenters. The SMILES string of the molecule is CCOC(=O)C(Cc1ccccc1)(C(=O)c1ccccc1)N(NC(=O)OC)C(=O)OC. The van der Waals surface area contributed by atoms with E-state index < -0.39 is 29.5 Å². The molecule has 0 saturated heterocycles. The quantitative estimate of drug-likeness (QED) is 0.237. The molecule has 31 heavy (non-hydrogen) atoms. The van der Waals surface area contributed by atoms with Gasteiger partial charge in [0.15, 0.2) is 0 Å². The molecule has 0 spiro atoms. The summed E-state index contributed by atoms with van der Waals surface area (Å²) < 4.78 is 14.6. The van der Waals surface area contributed by atoms with Gasteiger partial charge in [0.2, 0.25) is 11.3 Å². The predicted octanol–water partition coefficient (Wildman–Crippen LogP) is 2.75. The smallest absolute Gasteiger partial charge is 0.430 e. The van der Waals surface area contributed by atoms with E-state index in [1.807, 2.05) is 0 Å². The number of methoxy groups -OCH3 is 2. The third-order valence-electron chi connectivity index (χ3n) is 4.45. The molecule has 0 radical (unpaired) electrons. The molecular formula is C22H24N2O7. The molecule has 9 nitrogen and oxygen atoms in total. The van der Waals surface area contributed by atoms with E-state index in [-0.39, 0.29) is 18.6 Å². The number of esters is 1. The number of carbonyl (C=O) groups excluding carboxylic acids is 4. The lowest BCUT2D eigenvalue weighted by atomic mass is 9.82. The molecule has 2 aromatic carbocycles. The lowest BCUT2D eigenvalue weighted by molar-refractivity contribution is -0.155. The second-order valence-corrected chi connectivity index (χ2v) is 6.35. The third-order valence-corrected chi connectivity index (χ3v) is 4.45. The van der Waals surface area contributed by atoms with Gasteiger partial charge in [-0.1, -0.05) is 60.7 Å². The summed E-state index contributed by atoms with van der Waals surface area (Å²) in [7, 11) is 2.13. The lowest BCUT2D eigenvalue weighted by Crippen LogP contribution is -2.69. The largest absolute Gasteiger partial charge is 0.464 e. The maximum atomic E-state index is 13.8. The highest BCUT2D eigenvalue weighted by Gasteiger charge is 2.56. The molecule has 164 valence electrons. The van der Waals surface area contributed by atoms with Crippen LogP contribution in [0.1, 0.15) is 22.8 Å². The van der Waals surface area contributed by atoms with Gasteiger partial charge in [-0.25, -0.2) is 19.8 Å². The first-order valence-electron chi connectivity index (χ1n) is 9.44. The lowest BCUT2D eigenvalue weighted by Gasteiger charge is -2.38. The van der Waals surface area contributed by atoms with Crippen molar-refractivity contribution in [1.82, 2.24) is 10.4 Å². The number of ketones is 1. The molecule has 9 heteroatoms. The zero-order valence-corrected chi connectivity index (χ0v) is 17.5. The molecule has 0 aliphatic heterocycles. The third kappa shape index (κ3) is 5.19. The number of benzene rings is 2. The topological polar surface area (TPSA) is 111 Å². The number of rotatable bonds is 7. The van der Waals surface area contributed by atoms with Crippen LogP contribution < -0.4 is 5.43 Å². The van der Waals surface area contributed by atoms with Crippen LogP contribution in [0.5, 0.6) is 0 Å². The molecule has 1 N–H and O–H groups in total. The predicted molar refractivity (Wildman–Crippen MR) is 110 cm³/mol. The van der Waals surface area contributed by atoms with E-state index >= 15 is 0 Å². The molecule has 1 atom stereocenters. The van der Waals surface area contributed by atoms with Gasteiger partial charge in [0.25, 0.3) is 0 Å². The van der Waals surface area contributed by atoms with Crippen LogP contribution in [-0.2, 0) is 25.4 Å².